The zero-order chi connectivity index (χ0) is 15.9. The molecule has 0 aromatic rings. The van der Waals surface area contributed by atoms with Crippen LogP contribution in [0.2, 0.25) is 0 Å². The maximum atomic E-state index is 6.35. The van der Waals surface area contributed by atoms with Gasteiger partial charge in [-0.25, -0.2) is 0 Å². The molecule has 136 valence electrons. The standard InChI is InChI=1S/C20H34N2O2/c1-2-16-4-3-15(1)9-21(10-16)19-13-24-20(14-23-19)22-11-17-5-6-18(12-22)8-7-17/h15-20H,1-14H2/t15?,16?,17?,18?,19-,20-/m0/s1. The number of ether oxygens (including phenoxy) is 2. The summed E-state index contributed by atoms with van der Waals surface area (Å²) in [5, 5.41) is 0. The average molecular weight is 335 g/mol. The van der Waals surface area contributed by atoms with Gasteiger partial charge >= 0.3 is 0 Å². The smallest absolute Gasteiger partial charge is 0.134 e. The molecule has 5 aliphatic heterocycles. The molecular formula is C20H34N2O2. The lowest BCUT2D eigenvalue weighted by Crippen LogP contribution is -2.53. The molecule has 7 fully saturated rings. The number of rotatable bonds is 2. The first-order valence-electron chi connectivity index (χ1n) is 10.5. The topological polar surface area (TPSA) is 24.9 Å². The molecular weight excluding hydrogens is 300 g/mol. The molecule has 2 atom stereocenters. The van der Waals surface area contributed by atoms with E-state index in [4.69, 9.17) is 9.47 Å². The molecule has 5 saturated heterocycles. The van der Waals surface area contributed by atoms with Gasteiger partial charge in [-0.1, -0.05) is 0 Å². The summed E-state index contributed by atoms with van der Waals surface area (Å²) in [5.41, 5.74) is 0. The summed E-state index contributed by atoms with van der Waals surface area (Å²) in [6, 6.07) is 0. The Bertz CT molecular complexity index is 353. The van der Waals surface area contributed by atoms with Crippen LogP contribution in [0.3, 0.4) is 0 Å². The number of nitrogens with zero attached hydrogens (tertiary/aromatic N) is 2. The lowest BCUT2D eigenvalue weighted by Gasteiger charge is -2.41. The van der Waals surface area contributed by atoms with E-state index in [0.29, 0.717) is 0 Å². The van der Waals surface area contributed by atoms with Gasteiger partial charge < -0.3 is 9.47 Å². The van der Waals surface area contributed by atoms with E-state index in [9.17, 15) is 0 Å². The van der Waals surface area contributed by atoms with E-state index in [-0.39, 0.29) is 12.5 Å². The Hall–Kier alpha value is -0.160. The van der Waals surface area contributed by atoms with Crippen LogP contribution in [0.5, 0.6) is 0 Å². The highest BCUT2D eigenvalue weighted by atomic mass is 16.6. The molecule has 0 radical (unpaired) electrons. The minimum atomic E-state index is 0.214. The molecule has 2 saturated carbocycles. The molecule has 24 heavy (non-hydrogen) atoms. The molecule has 7 rings (SSSR count). The molecule has 4 heteroatoms. The molecule has 0 aromatic heterocycles. The van der Waals surface area contributed by atoms with E-state index in [1.807, 2.05) is 0 Å². The molecule has 4 nitrogen and oxygen atoms in total. The first kappa shape index (κ1) is 16.0. The number of hydrogen-bond acceptors (Lipinski definition) is 4. The minimum absolute atomic E-state index is 0.214. The Kier molecular flexibility index (Phi) is 4.59. The molecule has 2 aliphatic carbocycles. The zero-order valence-corrected chi connectivity index (χ0v) is 15.1. The first-order chi connectivity index (χ1) is 11.8. The van der Waals surface area contributed by atoms with Gasteiger partial charge in [0.1, 0.15) is 12.5 Å². The predicted octanol–water partition coefficient (Wildman–Crippen LogP) is 2.93. The molecule has 0 N–H and O–H groups in total. The van der Waals surface area contributed by atoms with Gasteiger partial charge in [-0.15, -0.1) is 0 Å². The fourth-order valence-corrected chi connectivity index (χ4v) is 6.04. The molecule has 0 aromatic carbocycles. The second-order valence-electron chi connectivity index (χ2n) is 9.26. The van der Waals surface area contributed by atoms with E-state index in [2.05, 4.69) is 9.80 Å². The maximum absolute atomic E-state index is 6.35. The third-order valence-electron chi connectivity index (χ3n) is 7.58. The Balaban J connectivity index is 1.17. The Morgan fingerprint density at radius 3 is 1.00 bits per heavy atom. The van der Waals surface area contributed by atoms with Gasteiger partial charge in [0.15, 0.2) is 0 Å². The molecule has 7 aliphatic rings. The van der Waals surface area contributed by atoms with Gasteiger partial charge in [-0.2, -0.15) is 0 Å². The largest absolute Gasteiger partial charge is 0.357 e. The minimum Gasteiger partial charge on any atom is -0.357 e. The summed E-state index contributed by atoms with van der Waals surface area (Å²) in [7, 11) is 0. The van der Waals surface area contributed by atoms with Crippen molar-refractivity contribution < 1.29 is 9.47 Å². The van der Waals surface area contributed by atoms with Gasteiger partial charge in [-0.3, -0.25) is 9.80 Å². The van der Waals surface area contributed by atoms with Crippen LogP contribution in [0.4, 0.5) is 0 Å². The van der Waals surface area contributed by atoms with Crippen molar-refractivity contribution >= 4 is 0 Å². The molecule has 0 amide bonds. The van der Waals surface area contributed by atoms with Gasteiger partial charge in [0, 0.05) is 26.2 Å². The third kappa shape index (κ3) is 3.27. The van der Waals surface area contributed by atoms with Crippen LogP contribution >= 0.6 is 0 Å². The number of hydrogen-bond donors (Lipinski definition) is 0. The van der Waals surface area contributed by atoms with Crippen LogP contribution in [0, 0.1) is 23.7 Å². The Labute approximate surface area is 146 Å². The maximum Gasteiger partial charge on any atom is 0.134 e. The van der Waals surface area contributed by atoms with Crippen molar-refractivity contribution in [3.05, 3.63) is 0 Å². The van der Waals surface area contributed by atoms with Crippen molar-refractivity contribution in [2.24, 2.45) is 23.7 Å². The van der Waals surface area contributed by atoms with Crippen LogP contribution in [-0.4, -0.2) is 61.6 Å². The van der Waals surface area contributed by atoms with E-state index in [1.165, 1.54) is 77.5 Å². The van der Waals surface area contributed by atoms with E-state index in [0.717, 1.165) is 36.9 Å². The molecule has 0 spiro atoms. The van der Waals surface area contributed by atoms with Crippen LogP contribution in [0.25, 0.3) is 0 Å². The van der Waals surface area contributed by atoms with Crippen LogP contribution < -0.4 is 0 Å². The van der Waals surface area contributed by atoms with E-state index >= 15 is 0 Å². The van der Waals surface area contributed by atoms with Crippen molar-refractivity contribution in [3.8, 4) is 0 Å². The summed E-state index contributed by atoms with van der Waals surface area (Å²) in [6.07, 6.45) is 11.9. The van der Waals surface area contributed by atoms with Gasteiger partial charge in [0.2, 0.25) is 0 Å². The van der Waals surface area contributed by atoms with Gasteiger partial charge in [-0.05, 0) is 75.0 Å². The fraction of sp³-hybridized carbons (Fsp3) is 1.00. The lowest BCUT2D eigenvalue weighted by molar-refractivity contribution is -0.224. The van der Waals surface area contributed by atoms with Crippen LogP contribution in [-0.2, 0) is 9.47 Å². The highest BCUT2D eigenvalue weighted by Gasteiger charge is 2.38. The van der Waals surface area contributed by atoms with Crippen molar-refractivity contribution in [2.75, 3.05) is 39.4 Å². The van der Waals surface area contributed by atoms with Crippen molar-refractivity contribution in [2.45, 2.75) is 63.8 Å². The highest BCUT2D eigenvalue weighted by molar-refractivity contribution is 4.87. The monoisotopic (exact) mass is 334 g/mol. The van der Waals surface area contributed by atoms with Crippen LogP contribution in [0.15, 0.2) is 0 Å². The van der Waals surface area contributed by atoms with Gasteiger partial charge in [0.25, 0.3) is 0 Å². The quantitative estimate of drug-likeness (QED) is 0.775. The van der Waals surface area contributed by atoms with E-state index in [1.54, 1.807) is 0 Å². The molecule has 0 unspecified atom stereocenters. The normalized spacial score (nSPS) is 47.5. The Morgan fingerprint density at radius 2 is 0.750 bits per heavy atom. The second kappa shape index (κ2) is 6.86. The molecule has 4 bridgehead atoms. The lowest BCUT2D eigenvalue weighted by atomic mass is 9.84. The summed E-state index contributed by atoms with van der Waals surface area (Å²) in [5.74, 6) is 3.63. The summed E-state index contributed by atoms with van der Waals surface area (Å²) in [6.45, 7) is 6.50. The summed E-state index contributed by atoms with van der Waals surface area (Å²) < 4.78 is 12.7. The highest BCUT2D eigenvalue weighted by Crippen LogP contribution is 2.37. The SMILES string of the molecule is C1CC2CCC1CN([C@@H]1CO[C@H](N3CC4CCC(CC4)C3)CO1)C2. The van der Waals surface area contributed by atoms with Crippen LogP contribution in [0.1, 0.15) is 51.4 Å². The predicted molar refractivity (Wildman–Crippen MR) is 93.5 cm³/mol. The molecule has 5 heterocycles. The summed E-state index contributed by atoms with van der Waals surface area (Å²) >= 11 is 0. The number of fused-ring (bicyclic) bond motifs is 8. The Morgan fingerprint density at radius 1 is 0.458 bits per heavy atom. The van der Waals surface area contributed by atoms with E-state index < -0.39 is 0 Å². The third-order valence-corrected chi connectivity index (χ3v) is 7.58. The fourth-order valence-electron chi connectivity index (χ4n) is 6.04. The van der Waals surface area contributed by atoms with Crippen molar-refractivity contribution in [3.63, 3.8) is 0 Å². The summed E-state index contributed by atoms with van der Waals surface area (Å²) in [4.78, 5) is 5.22. The van der Waals surface area contributed by atoms with Gasteiger partial charge in [0.05, 0.1) is 13.2 Å². The first-order valence-corrected chi connectivity index (χ1v) is 10.5. The average Bonchev–Trinajstić information content (AvgIpc) is 3.13. The van der Waals surface area contributed by atoms with Crippen molar-refractivity contribution in [1.82, 2.24) is 9.80 Å². The second-order valence-corrected chi connectivity index (χ2v) is 9.26. The zero-order valence-electron chi connectivity index (χ0n) is 15.1. The van der Waals surface area contributed by atoms with Crippen molar-refractivity contribution in [1.29, 1.82) is 0 Å².